The molecule has 25 heavy (non-hydrogen) atoms. The van der Waals surface area contributed by atoms with Gasteiger partial charge in [0.1, 0.15) is 0 Å². The highest BCUT2D eigenvalue weighted by molar-refractivity contribution is 7.45. The number of ether oxygens (including phenoxy) is 1. The van der Waals surface area contributed by atoms with Crippen LogP contribution in [0.3, 0.4) is 0 Å². The molecular weight excluding hydrogens is 345 g/mol. The summed E-state index contributed by atoms with van der Waals surface area (Å²) >= 11 is 0. The van der Waals surface area contributed by atoms with Crippen LogP contribution in [0, 0.1) is 0 Å². The van der Waals surface area contributed by atoms with Gasteiger partial charge in [0.25, 0.3) is 7.82 Å². The fourth-order valence-electron chi connectivity index (χ4n) is 1.92. The number of hydrogen-bond donors (Lipinski definition) is 0. The molecule has 0 N–H and O–H groups in total. The lowest BCUT2D eigenvalue weighted by atomic mass is 10.2. The maximum Gasteiger partial charge on any atom is 0.333 e. The molecule has 0 saturated carbocycles. The van der Waals surface area contributed by atoms with E-state index >= 15 is 0 Å². The smallest absolute Gasteiger partial charge is 0.333 e. The van der Waals surface area contributed by atoms with Crippen LogP contribution in [0.4, 0.5) is 0 Å². The lowest BCUT2D eigenvalue weighted by Crippen LogP contribution is -2.35. The van der Waals surface area contributed by atoms with E-state index < -0.39 is 7.82 Å². The number of esters is 1. The minimum Gasteiger partial charge on any atom is -0.756 e. The number of nitrogens with zero attached hydrogens (tertiary/aromatic N) is 1. The van der Waals surface area contributed by atoms with Crippen molar-refractivity contribution in [1.82, 2.24) is 0 Å². The number of quaternary nitrogens is 1. The molecule has 0 aliphatic rings. The molecule has 0 fully saturated rings. The number of phosphoric acid groups is 1. The fourth-order valence-corrected chi connectivity index (χ4v) is 2.70. The van der Waals surface area contributed by atoms with Crippen LogP contribution in [0.5, 0.6) is 0 Å². The standard InChI is InChI=1S/C17H34NO6P/c1-16(2)17(19)22-13-9-6-7-10-14-23-25(20,21)24-15-11-8-12-18(3,4)5/h1,6-15H2,2-5H3. The van der Waals surface area contributed by atoms with Crippen LogP contribution in [0.25, 0.3) is 0 Å². The second-order valence-corrected chi connectivity index (χ2v) is 8.58. The van der Waals surface area contributed by atoms with Gasteiger partial charge in [-0.15, -0.1) is 0 Å². The second kappa shape index (κ2) is 12.6. The van der Waals surface area contributed by atoms with Gasteiger partial charge in [-0.3, -0.25) is 4.57 Å². The van der Waals surface area contributed by atoms with Gasteiger partial charge in [-0.25, -0.2) is 4.79 Å². The predicted octanol–water partition coefficient (Wildman–Crippen LogP) is 2.65. The van der Waals surface area contributed by atoms with Crippen LogP contribution in [-0.4, -0.2) is 58.0 Å². The second-order valence-electron chi connectivity index (χ2n) is 7.17. The van der Waals surface area contributed by atoms with Crippen molar-refractivity contribution in [2.45, 2.75) is 45.4 Å². The Morgan fingerprint density at radius 2 is 1.44 bits per heavy atom. The lowest BCUT2D eigenvalue weighted by molar-refractivity contribution is -0.870. The highest BCUT2D eigenvalue weighted by atomic mass is 31.2. The molecule has 148 valence electrons. The highest BCUT2D eigenvalue weighted by Crippen LogP contribution is 2.38. The molecule has 0 spiro atoms. The summed E-state index contributed by atoms with van der Waals surface area (Å²) in [5, 5.41) is 0. The van der Waals surface area contributed by atoms with Gasteiger partial charge < -0.3 is 23.2 Å². The summed E-state index contributed by atoms with van der Waals surface area (Å²) in [6.45, 7) is 6.70. The molecule has 0 aromatic heterocycles. The van der Waals surface area contributed by atoms with E-state index in [-0.39, 0.29) is 19.2 Å². The van der Waals surface area contributed by atoms with E-state index in [0.717, 1.165) is 36.7 Å². The van der Waals surface area contributed by atoms with Gasteiger partial charge in [0.05, 0.1) is 47.5 Å². The number of carbonyl (C=O) groups excluding carboxylic acids is 1. The number of phosphoric ester groups is 1. The first-order valence-electron chi connectivity index (χ1n) is 8.77. The van der Waals surface area contributed by atoms with E-state index in [1.54, 1.807) is 6.92 Å². The Kier molecular flexibility index (Phi) is 12.2. The number of hydrogen-bond acceptors (Lipinski definition) is 6. The molecule has 0 rings (SSSR count). The van der Waals surface area contributed by atoms with Gasteiger partial charge in [0, 0.05) is 5.57 Å². The molecule has 7 nitrogen and oxygen atoms in total. The SMILES string of the molecule is C=C(C)C(=O)OCCCCCCOP(=O)([O-])OCCCC[N+](C)(C)C. The Hall–Kier alpha value is -0.720. The zero-order chi connectivity index (χ0) is 19.3. The Bertz CT molecular complexity index is 447. The van der Waals surface area contributed by atoms with Crippen molar-refractivity contribution in [2.75, 3.05) is 47.5 Å². The minimum absolute atomic E-state index is 0.116. The Morgan fingerprint density at radius 3 is 1.92 bits per heavy atom. The molecule has 1 atom stereocenters. The van der Waals surface area contributed by atoms with Crippen molar-refractivity contribution in [3.8, 4) is 0 Å². The van der Waals surface area contributed by atoms with Gasteiger partial charge in [-0.05, 0) is 39.0 Å². The maximum absolute atomic E-state index is 11.6. The van der Waals surface area contributed by atoms with E-state index in [4.69, 9.17) is 13.8 Å². The van der Waals surface area contributed by atoms with Gasteiger partial charge in [-0.1, -0.05) is 13.0 Å². The average Bonchev–Trinajstić information content (AvgIpc) is 2.47. The Morgan fingerprint density at radius 1 is 0.960 bits per heavy atom. The van der Waals surface area contributed by atoms with Crippen LogP contribution in [0.2, 0.25) is 0 Å². The molecule has 0 aromatic carbocycles. The first kappa shape index (κ1) is 24.3. The van der Waals surface area contributed by atoms with Crippen molar-refractivity contribution in [2.24, 2.45) is 0 Å². The first-order valence-corrected chi connectivity index (χ1v) is 10.2. The summed E-state index contributed by atoms with van der Waals surface area (Å²) in [4.78, 5) is 22.7. The molecule has 0 aromatic rings. The third kappa shape index (κ3) is 16.5. The summed E-state index contributed by atoms with van der Waals surface area (Å²) in [6, 6.07) is 0. The van der Waals surface area contributed by atoms with Crippen LogP contribution in [-0.2, 0) is 23.1 Å². The van der Waals surface area contributed by atoms with Gasteiger partial charge in [0.2, 0.25) is 0 Å². The molecule has 1 unspecified atom stereocenters. The largest absolute Gasteiger partial charge is 0.756 e. The van der Waals surface area contributed by atoms with Crippen molar-refractivity contribution < 1.29 is 32.5 Å². The van der Waals surface area contributed by atoms with Crippen LogP contribution in [0.15, 0.2) is 12.2 Å². The average molecular weight is 379 g/mol. The molecule has 8 heteroatoms. The van der Waals surface area contributed by atoms with Crippen molar-refractivity contribution >= 4 is 13.8 Å². The Balaban J connectivity index is 3.55. The number of carbonyl (C=O) groups is 1. The maximum atomic E-state index is 11.6. The molecule has 0 heterocycles. The molecule has 0 amide bonds. The van der Waals surface area contributed by atoms with Crippen LogP contribution in [0.1, 0.15) is 45.4 Å². The van der Waals surface area contributed by atoms with Gasteiger partial charge in [0.15, 0.2) is 0 Å². The summed E-state index contributed by atoms with van der Waals surface area (Å²) in [5.74, 6) is -0.380. The summed E-state index contributed by atoms with van der Waals surface area (Å²) < 4.78 is 27.1. The van der Waals surface area contributed by atoms with Crippen LogP contribution >= 0.6 is 7.82 Å². The molecule has 0 aliphatic heterocycles. The number of rotatable bonds is 15. The molecule has 0 saturated heterocycles. The van der Waals surface area contributed by atoms with Crippen LogP contribution < -0.4 is 4.89 Å². The van der Waals surface area contributed by atoms with E-state index in [2.05, 4.69) is 27.7 Å². The lowest BCUT2D eigenvalue weighted by Gasteiger charge is -2.25. The normalized spacial score (nSPS) is 14.1. The zero-order valence-electron chi connectivity index (χ0n) is 16.1. The quantitative estimate of drug-likeness (QED) is 0.143. The summed E-state index contributed by atoms with van der Waals surface area (Å²) in [6.07, 6.45) is 4.58. The topological polar surface area (TPSA) is 84.9 Å². The molecule has 0 bridgehead atoms. The van der Waals surface area contributed by atoms with E-state index in [1.165, 1.54) is 0 Å². The summed E-state index contributed by atoms with van der Waals surface area (Å²) in [5.41, 5.74) is 0.386. The molecule has 0 radical (unpaired) electrons. The molecule has 0 aliphatic carbocycles. The van der Waals surface area contributed by atoms with E-state index in [9.17, 15) is 14.3 Å². The highest BCUT2D eigenvalue weighted by Gasteiger charge is 2.10. The van der Waals surface area contributed by atoms with Gasteiger partial charge in [-0.2, -0.15) is 0 Å². The number of unbranched alkanes of at least 4 members (excludes halogenated alkanes) is 4. The predicted molar refractivity (Wildman–Crippen MR) is 95.9 cm³/mol. The molecular formula is C17H34NO6P. The first-order chi connectivity index (χ1) is 11.5. The third-order valence-corrected chi connectivity index (χ3v) is 4.34. The van der Waals surface area contributed by atoms with Crippen molar-refractivity contribution in [1.29, 1.82) is 0 Å². The zero-order valence-corrected chi connectivity index (χ0v) is 17.0. The van der Waals surface area contributed by atoms with Crippen molar-refractivity contribution in [3.63, 3.8) is 0 Å². The minimum atomic E-state index is -4.19. The fraction of sp³-hybridized carbons (Fsp3) is 0.824. The Labute approximate surface area is 152 Å². The summed E-state index contributed by atoms with van der Waals surface area (Å²) in [7, 11) is 2.08. The van der Waals surface area contributed by atoms with Gasteiger partial charge >= 0.3 is 5.97 Å². The van der Waals surface area contributed by atoms with E-state index in [1.807, 2.05) is 0 Å². The van der Waals surface area contributed by atoms with Crippen molar-refractivity contribution in [3.05, 3.63) is 12.2 Å². The monoisotopic (exact) mass is 379 g/mol. The van der Waals surface area contributed by atoms with E-state index in [0.29, 0.717) is 25.0 Å². The third-order valence-electron chi connectivity index (χ3n) is 3.34.